The average Bonchev–Trinajstić information content (AvgIpc) is 2.88. The first-order valence-electron chi connectivity index (χ1n) is 14.5. The van der Waals surface area contributed by atoms with Gasteiger partial charge in [0, 0.05) is 23.5 Å². The molecule has 6 aliphatic rings. The van der Waals surface area contributed by atoms with Gasteiger partial charge >= 0.3 is 11.9 Å². The van der Waals surface area contributed by atoms with Gasteiger partial charge < -0.3 is 26.2 Å². The zero-order chi connectivity index (χ0) is 28.4. The summed E-state index contributed by atoms with van der Waals surface area (Å²) in [5.74, 6) is -1.11. The Morgan fingerprint density at radius 1 is 0.925 bits per heavy atom. The number of aliphatic carboxylic acids is 2. The molecule has 2 saturated heterocycles. The molecule has 0 aromatic heterocycles. The summed E-state index contributed by atoms with van der Waals surface area (Å²) < 4.78 is 0. The number of piperidine rings is 1. The molecular weight excluding hydrogens is 556 g/mol. The van der Waals surface area contributed by atoms with Gasteiger partial charge in [0.1, 0.15) is 12.1 Å². The maximum absolute atomic E-state index is 13.8. The highest BCUT2D eigenvalue weighted by atomic mass is 33.1. The summed E-state index contributed by atoms with van der Waals surface area (Å²) in [4.78, 5) is 65.9. The highest BCUT2D eigenvalue weighted by Crippen LogP contribution is 2.60. The van der Waals surface area contributed by atoms with Crippen LogP contribution in [0.2, 0.25) is 0 Å². The van der Waals surface area contributed by atoms with Crippen molar-refractivity contribution < 1.29 is 34.2 Å². The first-order chi connectivity index (χ1) is 19.1. The lowest BCUT2D eigenvalue weighted by atomic mass is 9.49. The molecule has 2 heterocycles. The van der Waals surface area contributed by atoms with Crippen molar-refractivity contribution in [2.24, 2.45) is 23.2 Å². The Morgan fingerprint density at radius 2 is 1.57 bits per heavy atom. The maximum Gasteiger partial charge on any atom is 0.327 e. The molecule has 4 saturated carbocycles. The normalized spacial score (nSPS) is 38.9. The second kappa shape index (κ2) is 12.5. The van der Waals surface area contributed by atoms with Gasteiger partial charge in [-0.2, -0.15) is 0 Å². The number of nitrogens with zero attached hydrogens (tertiary/aromatic N) is 1. The summed E-state index contributed by atoms with van der Waals surface area (Å²) in [5.41, 5.74) is -0.438. The highest BCUT2D eigenvalue weighted by Gasteiger charge is 2.55. The molecule has 0 aromatic carbocycles. The molecule has 4 aliphatic carbocycles. The smallest absolute Gasteiger partial charge is 0.327 e. The van der Waals surface area contributed by atoms with Gasteiger partial charge in [0.05, 0.1) is 18.5 Å². The van der Waals surface area contributed by atoms with Crippen LogP contribution in [0.4, 0.5) is 0 Å². The fourth-order valence-corrected chi connectivity index (χ4v) is 10.3. The summed E-state index contributed by atoms with van der Waals surface area (Å²) in [5, 5.41) is 27.9. The van der Waals surface area contributed by atoms with Crippen LogP contribution in [0.25, 0.3) is 0 Å². The van der Waals surface area contributed by atoms with E-state index in [1.165, 1.54) is 40.9 Å². The fourth-order valence-electron chi connectivity index (χ4n) is 8.02. The Kier molecular flexibility index (Phi) is 9.20. The number of rotatable bonds is 5. The van der Waals surface area contributed by atoms with Gasteiger partial charge in [-0.05, 0) is 75.7 Å². The van der Waals surface area contributed by atoms with Crippen LogP contribution in [-0.2, 0) is 24.0 Å². The Bertz CT molecular complexity index is 992. The lowest BCUT2D eigenvalue weighted by molar-refractivity contribution is -0.148. The number of hydrogen-bond donors (Lipinski definition) is 5. The van der Waals surface area contributed by atoms with Gasteiger partial charge in [-0.15, -0.1) is 0 Å². The minimum atomic E-state index is -1.14. The largest absolute Gasteiger partial charge is 0.481 e. The molecule has 2 aliphatic heterocycles. The topological polar surface area (TPSA) is 165 Å². The van der Waals surface area contributed by atoms with Crippen LogP contribution in [0.3, 0.4) is 0 Å². The van der Waals surface area contributed by atoms with Crippen molar-refractivity contribution in [3.05, 3.63) is 0 Å². The Labute approximate surface area is 242 Å². The molecule has 4 atom stereocenters. The van der Waals surface area contributed by atoms with Gasteiger partial charge in [0.15, 0.2) is 0 Å². The van der Waals surface area contributed by atoms with E-state index in [4.69, 9.17) is 0 Å². The van der Waals surface area contributed by atoms with Gasteiger partial charge in [-0.1, -0.05) is 28.0 Å². The van der Waals surface area contributed by atoms with Crippen molar-refractivity contribution in [2.45, 2.75) is 88.4 Å². The third kappa shape index (κ3) is 6.73. The summed E-state index contributed by atoms with van der Waals surface area (Å²) >= 11 is 0. The zero-order valence-electron chi connectivity index (χ0n) is 22.6. The number of carboxylic acid groups (broad SMARTS) is 2. The van der Waals surface area contributed by atoms with Crippen molar-refractivity contribution in [1.82, 2.24) is 20.9 Å². The Morgan fingerprint density at radius 3 is 2.20 bits per heavy atom. The monoisotopic (exact) mass is 596 g/mol. The molecule has 0 aromatic rings. The van der Waals surface area contributed by atoms with Crippen LogP contribution in [0.15, 0.2) is 0 Å². The van der Waals surface area contributed by atoms with E-state index in [-0.39, 0.29) is 30.4 Å². The van der Waals surface area contributed by atoms with Gasteiger partial charge in [-0.3, -0.25) is 24.1 Å². The molecule has 0 radical (unpaired) electrons. The standard InChI is InChI=1S/C27H40N4O7S2/c32-22(33)8-18-12-31-4-2-1-3-21(31)24(35)29-20(25(36)37)14-40-39-13-19(23(34)28-18)30-26(38)27-9-15-5-16(10-27)7-17(6-15)11-27/h15-21H,1-14H2,(H,28,34)(H,29,35)(H,30,38)(H,32,33)(H,36,37)/t15?,16?,17?,18-,19-,20+,21?,27?/m0/s1. The molecule has 222 valence electrons. The van der Waals surface area contributed by atoms with Crippen molar-refractivity contribution in [2.75, 3.05) is 24.6 Å². The summed E-state index contributed by atoms with van der Waals surface area (Å²) in [7, 11) is 2.50. The van der Waals surface area contributed by atoms with Crippen molar-refractivity contribution >= 4 is 51.2 Å². The number of nitrogens with one attached hydrogen (secondary N) is 3. The molecule has 40 heavy (non-hydrogen) atoms. The van der Waals surface area contributed by atoms with Crippen LogP contribution < -0.4 is 16.0 Å². The number of hydrogen-bond acceptors (Lipinski definition) is 8. The van der Waals surface area contributed by atoms with E-state index in [9.17, 15) is 34.2 Å². The number of fused-ring (bicyclic) bond motifs is 1. The average molecular weight is 597 g/mol. The van der Waals surface area contributed by atoms with Gasteiger partial charge in [0.2, 0.25) is 17.7 Å². The van der Waals surface area contributed by atoms with Crippen molar-refractivity contribution in [3.8, 4) is 0 Å². The van der Waals surface area contributed by atoms with Crippen LogP contribution >= 0.6 is 21.6 Å². The second-order valence-electron chi connectivity index (χ2n) is 12.5. The van der Waals surface area contributed by atoms with Crippen molar-refractivity contribution in [3.63, 3.8) is 0 Å². The number of carboxylic acids is 2. The molecular formula is C27H40N4O7S2. The Hall–Kier alpha value is -1.99. The quantitative estimate of drug-likeness (QED) is 0.294. The van der Waals surface area contributed by atoms with E-state index in [0.717, 1.165) is 32.1 Å². The molecule has 6 rings (SSSR count). The van der Waals surface area contributed by atoms with Gasteiger partial charge in [0.25, 0.3) is 0 Å². The predicted molar refractivity (Wildman–Crippen MR) is 150 cm³/mol. The lowest BCUT2D eigenvalue weighted by Crippen LogP contribution is -2.60. The van der Waals surface area contributed by atoms with Crippen LogP contribution in [0, 0.1) is 23.2 Å². The molecule has 13 heteroatoms. The van der Waals surface area contributed by atoms with Crippen LogP contribution in [0.5, 0.6) is 0 Å². The predicted octanol–water partition coefficient (Wildman–Crippen LogP) is 1.47. The van der Waals surface area contributed by atoms with E-state index in [0.29, 0.717) is 30.7 Å². The first-order valence-corrected chi connectivity index (χ1v) is 17.0. The molecule has 4 bridgehead atoms. The SMILES string of the molecule is O=C(O)C[C@H]1CN2CCCCC2C(=O)N[C@@H](C(=O)O)CSSC[C@H](NC(=O)C23CC4CC(CC(C4)C2)C3)C(=O)N1. The Balaban J connectivity index is 1.35. The van der Waals surface area contributed by atoms with E-state index in [1.807, 2.05) is 4.90 Å². The molecule has 6 fully saturated rings. The molecule has 1 unspecified atom stereocenters. The maximum atomic E-state index is 13.8. The van der Waals surface area contributed by atoms with Crippen LogP contribution in [-0.4, -0.2) is 93.5 Å². The van der Waals surface area contributed by atoms with E-state index < -0.39 is 53.3 Å². The molecule has 11 nitrogen and oxygen atoms in total. The first kappa shape index (κ1) is 29.5. The summed E-state index contributed by atoms with van der Waals surface area (Å²) in [6.07, 6.45) is 7.97. The minimum absolute atomic E-state index is 0.0833. The summed E-state index contributed by atoms with van der Waals surface area (Å²) in [6.45, 7) is 0.685. The molecule has 0 spiro atoms. The fraction of sp³-hybridized carbons (Fsp3) is 0.815. The number of carbonyl (C=O) groups is 5. The second-order valence-corrected chi connectivity index (χ2v) is 15.1. The minimum Gasteiger partial charge on any atom is -0.481 e. The third-order valence-corrected chi connectivity index (χ3v) is 11.9. The number of carbonyl (C=O) groups excluding carboxylic acids is 3. The lowest BCUT2D eigenvalue weighted by Gasteiger charge is -2.55. The van der Waals surface area contributed by atoms with Crippen molar-refractivity contribution in [1.29, 1.82) is 0 Å². The van der Waals surface area contributed by atoms with E-state index >= 15 is 0 Å². The number of amides is 3. The molecule has 3 amide bonds. The molecule has 5 N–H and O–H groups in total. The zero-order valence-corrected chi connectivity index (χ0v) is 24.3. The van der Waals surface area contributed by atoms with E-state index in [1.54, 1.807) is 0 Å². The van der Waals surface area contributed by atoms with E-state index in [2.05, 4.69) is 16.0 Å². The van der Waals surface area contributed by atoms with Gasteiger partial charge in [-0.25, -0.2) is 4.79 Å². The third-order valence-electron chi connectivity index (χ3n) is 9.45. The summed E-state index contributed by atoms with van der Waals surface area (Å²) in [6, 6.07) is -3.35. The van der Waals surface area contributed by atoms with Crippen LogP contribution in [0.1, 0.15) is 64.2 Å². The highest BCUT2D eigenvalue weighted by molar-refractivity contribution is 8.76.